The third kappa shape index (κ3) is 5.46. The molecular formula is C27H30N2O2. The molecule has 4 nitrogen and oxygen atoms in total. The molecule has 0 radical (unpaired) electrons. The number of nitrogens with zero attached hydrogens (tertiary/aromatic N) is 2. The van der Waals surface area contributed by atoms with Gasteiger partial charge in [-0.1, -0.05) is 49.4 Å². The van der Waals surface area contributed by atoms with Gasteiger partial charge in [-0.05, 0) is 62.1 Å². The number of aryl methyl sites for hydroxylation is 3. The minimum absolute atomic E-state index is 0.120. The SMILES string of the molecule is CCC(=O)N(CC)c1ccc(-c2ccc(C(=O)CCc3ccc(C)nc3C)cc2)cc1. The second kappa shape index (κ2) is 10.2. The number of aromatic nitrogens is 1. The number of hydrogen-bond donors (Lipinski definition) is 0. The van der Waals surface area contributed by atoms with E-state index in [1.54, 1.807) is 4.90 Å². The first-order valence-corrected chi connectivity index (χ1v) is 10.9. The van der Waals surface area contributed by atoms with E-state index < -0.39 is 0 Å². The Labute approximate surface area is 184 Å². The molecule has 0 aliphatic heterocycles. The smallest absolute Gasteiger partial charge is 0.226 e. The van der Waals surface area contributed by atoms with Gasteiger partial charge in [0.25, 0.3) is 0 Å². The van der Waals surface area contributed by atoms with Crippen LogP contribution in [-0.4, -0.2) is 23.2 Å². The first-order valence-electron chi connectivity index (χ1n) is 10.9. The van der Waals surface area contributed by atoms with Crippen molar-refractivity contribution in [2.75, 3.05) is 11.4 Å². The van der Waals surface area contributed by atoms with Crippen LogP contribution in [0.2, 0.25) is 0 Å². The zero-order valence-electron chi connectivity index (χ0n) is 18.8. The summed E-state index contributed by atoms with van der Waals surface area (Å²) in [6.45, 7) is 8.47. The van der Waals surface area contributed by atoms with Gasteiger partial charge in [0.15, 0.2) is 5.78 Å². The largest absolute Gasteiger partial charge is 0.313 e. The molecule has 0 fully saturated rings. The Morgan fingerprint density at radius 2 is 1.45 bits per heavy atom. The van der Waals surface area contributed by atoms with Crippen molar-refractivity contribution >= 4 is 17.4 Å². The Morgan fingerprint density at radius 3 is 2.00 bits per heavy atom. The number of benzene rings is 2. The van der Waals surface area contributed by atoms with E-state index in [-0.39, 0.29) is 11.7 Å². The van der Waals surface area contributed by atoms with E-state index >= 15 is 0 Å². The standard InChI is InChI=1S/C27H30N2O2/c1-5-27(31)29(6-2)25-16-13-23(14-17-25)22-9-11-24(12-10-22)26(30)18-15-21-8-7-19(3)28-20(21)4/h7-14,16-17H,5-6,15,18H2,1-4H3. The highest BCUT2D eigenvalue weighted by molar-refractivity contribution is 5.96. The average molecular weight is 415 g/mol. The fourth-order valence-corrected chi connectivity index (χ4v) is 3.75. The number of carbonyl (C=O) groups is 2. The molecule has 31 heavy (non-hydrogen) atoms. The molecule has 3 aromatic rings. The van der Waals surface area contributed by atoms with Crippen LogP contribution in [0.15, 0.2) is 60.7 Å². The number of pyridine rings is 1. The summed E-state index contributed by atoms with van der Waals surface area (Å²) in [5.74, 6) is 0.258. The van der Waals surface area contributed by atoms with E-state index in [1.807, 2.05) is 82.3 Å². The highest BCUT2D eigenvalue weighted by Crippen LogP contribution is 2.24. The summed E-state index contributed by atoms with van der Waals surface area (Å²) >= 11 is 0. The van der Waals surface area contributed by atoms with Crippen molar-refractivity contribution in [3.05, 3.63) is 83.2 Å². The predicted molar refractivity (Wildman–Crippen MR) is 127 cm³/mol. The van der Waals surface area contributed by atoms with Crippen LogP contribution in [-0.2, 0) is 11.2 Å². The quantitative estimate of drug-likeness (QED) is 0.428. The van der Waals surface area contributed by atoms with Crippen molar-refractivity contribution in [3.8, 4) is 11.1 Å². The van der Waals surface area contributed by atoms with Crippen LogP contribution in [0.3, 0.4) is 0 Å². The lowest BCUT2D eigenvalue weighted by molar-refractivity contribution is -0.118. The Balaban J connectivity index is 1.66. The van der Waals surface area contributed by atoms with Gasteiger partial charge in [-0.25, -0.2) is 0 Å². The lowest BCUT2D eigenvalue weighted by atomic mass is 9.99. The minimum Gasteiger partial charge on any atom is -0.313 e. The summed E-state index contributed by atoms with van der Waals surface area (Å²) in [6.07, 6.45) is 1.66. The molecule has 0 saturated heterocycles. The van der Waals surface area contributed by atoms with Crippen LogP contribution in [0.5, 0.6) is 0 Å². The molecule has 160 valence electrons. The van der Waals surface area contributed by atoms with Gasteiger partial charge in [0.2, 0.25) is 5.91 Å². The number of ketones is 1. The Bertz CT molecular complexity index is 1050. The predicted octanol–water partition coefficient (Wildman–Crippen LogP) is 5.94. The van der Waals surface area contributed by atoms with E-state index in [2.05, 4.69) is 11.1 Å². The maximum atomic E-state index is 12.6. The molecule has 0 atom stereocenters. The van der Waals surface area contributed by atoms with Crippen molar-refractivity contribution in [2.24, 2.45) is 0 Å². The summed E-state index contributed by atoms with van der Waals surface area (Å²) in [7, 11) is 0. The fourth-order valence-electron chi connectivity index (χ4n) is 3.75. The molecule has 3 rings (SSSR count). The molecule has 4 heteroatoms. The molecule has 1 heterocycles. The van der Waals surface area contributed by atoms with Crippen LogP contribution >= 0.6 is 0 Å². The van der Waals surface area contributed by atoms with Crippen LogP contribution in [0.1, 0.15) is 54.0 Å². The Hall–Kier alpha value is -3.27. The first kappa shape index (κ1) is 22.4. The third-order valence-electron chi connectivity index (χ3n) is 5.59. The van der Waals surface area contributed by atoms with Crippen molar-refractivity contribution in [3.63, 3.8) is 0 Å². The summed E-state index contributed by atoms with van der Waals surface area (Å²) in [5.41, 5.74) is 6.85. The van der Waals surface area contributed by atoms with Gasteiger partial charge in [-0.3, -0.25) is 14.6 Å². The van der Waals surface area contributed by atoms with E-state index in [4.69, 9.17) is 0 Å². The maximum Gasteiger partial charge on any atom is 0.226 e. The number of rotatable bonds is 8. The summed E-state index contributed by atoms with van der Waals surface area (Å²) in [6, 6.07) is 19.8. The molecule has 2 aromatic carbocycles. The number of carbonyl (C=O) groups excluding carboxylic acids is 2. The van der Waals surface area contributed by atoms with Crippen LogP contribution < -0.4 is 4.90 Å². The fraction of sp³-hybridized carbons (Fsp3) is 0.296. The topological polar surface area (TPSA) is 50.3 Å². The first-order chi connectivity index (χ1) is 14.9. The third-order valence-corrected chi connectivity index (χ3v) is 5.59. The Morgan fingerprint density at radius 1 is 0.839 bits per heavy atom. The van der Waals surface area contributed by atoms with Crippen molar-refractivity contribution in [1.29, 1.82) is 0 Å². The molecule has 0 aliphatic carbocycles. The minimum atomic E-state index is 0.120. The van der Waals surface area contributed by atoms with E-state index in [9.17, 15) is 9.59 Å². The van der Waals surface area contributed by atoms with Gasteiger partial charge in [0, 0.05) is 42.0 Å². The van der Waals surface area contributed by atoms with Crippen LogP contribution in [0, 0.1) is 13.8 Å². The molecular weight excluding hydrogens is 384 g/mol. The van der Waals surface area contributed by atoms with Crippen LogP contribution in [0.4, 0.5) is 5.69 Å². The van der Waals surface area contributed by atoms with E-state index in [0.29, 0.717) is 25.8 Å². The monoisotopic (exact) mass is 414 g/mol. The zero-order chi connectivity index (χ0) is 22.4. The van der Waals surface area contributed by atoms with Crippen molar-refractivity contribution in [2.45, 2.75) is 47.0 Å². The Kier molecular flexibility index (Phi) is 7.35. The molecule has 0 aliphatic rings. The number of anilines is 1. The second-order valence-electron chi connectivity index (χ2n) is 7.74. The van der Waals surface area contributed by atoms with Crippen LogP contribution in [0.25, 0.3) is 11.1 Å². The molecule has 0 unspecified atom stereocenters. The summed E-state index contributed by atoms with van der Waals surface area (Å²) in [4.78, 5) is 31.0. The number of amides is 1. The van der Waals surface area contributed by atoms with Gasteiger partial charge in [-0.15, -0.1) is 0 Å². The summed E-state index contributed by atoms with van der Waals surface area (Å²) in [5, 5.41) is 0. The average Bonchev–Trinajstić information content (AvgIpc) is 2.79. The van der Waals surface area contributed by atoms with Crippen molar-refractivity contribution < 1.29 is 9.59 Å². The number of hydrogen-bond acceptors (Lipinski definition) is 3. The van der Waals surface area contributed by atoms with Gasteiger partial charge in [0.1, 0.15) is 0 Å². The molecule has 0 spiro atoms. The molecule has 0 N–H and O–H groups in total. The van der Waals surface area contributed by atoms with Crippen molar-refractivity contribution in [1.82, 2.24) is 4.98 Å². The molecule has 1 amide bonds. The lowest BCUT2D eigenvalue weighted by Gasteiger charge is -2.20. The number of Topliss-reactive ketones (excluding diaryl/α,β-unsaturated/α-hetero) is 1. The normalized spacial score (nSPS) is 10.7. The summed E-state index contributed by atoms with van der Waals surface area (Å²) < 4.78 is 0. The molecule has 0 bridgehead atoms. The van der Waals surface area contributed by atoms with E-state index in [1.165, 1.54) is 0 Å². The van der Waals surface area contributed by atoms with Gasteiger partial charge >= 0.3 is 0 Å². The zero-order valence-corrected chi connectivity index (χ0v) is 18.8. The maximum absolute atomic E-state index is 12.6. The van der Waals surface area contributed by atoms with E-state index in [0.717, 1.165) is 39.3 Å². The second-order valence-corrected chi connectivity index (χ2v) is 7.74. The molecule has 1 aromatic heterocycles. The highest BCUT2D eigenvalue weighted by atomic mass is 16.2. The van der Waals surface area contributed by atoms with Gasteiger partial charge in [0.05, 0.1) is 0 Å². The lowest BCUT2D eigenvalue weighted by Crippen LogP contribution is -2.29. The van der Waals surface area contributed by atoms with Gasteiger partial charge in [-0.2, -0.15) is 0 Å². The van der Waals surface area contributed by atoms with Gasteiger partial charge < -0.3 is 4.90 Å². The highest BCUT2D eigenvalue weighted by Gasteiger charge is 2.12. The molecule has 0 saturated carbocycles.